The van der Waals surface area contributed by atoms with Crippen molar-refractivity contribution in [3.8, 4) is 11.5 Å². The van der Waals surface area contributed by atoms with Crippen LogP contribution in [0.25, 0.3) is 10.9 Å². The second-order valence-corrected chi connectivity index (χ2v) is 11.0. The van der Waals surface area contributed by atoms with Crippen LogP contribution in [0.2, 0.25) is 0 Å². The van der Waals surface area contributed by atoms with E-state index in [0.29, 0.717) is 37.6 Å². The number of aliphatic carboxylic acids is 1. The van der Waals surface area contributed by atoms with Crippen LogP contribution >= 0.6 is 0 Å². The molecule has 194 valence electrons. The smallest absolute Gasteiger partial charge is 0.303 e. The van der Waals surface area contributed by atoms with Crippen molar-refractivity contribution in [2.75, 3.05) is 19.7 Å². The van der Waals surface area contributed by atoms with E-state index in [1.54, 1.807) is 12.1 Å². The fraction of sp³-hybridized carbons (Fsp3) is 0.464. The van der Waals surface area contributed by atoms with Gasteiger partial charge in [0.2, 0.25) is 0 Å². The zero-order valence-electron chi connectivity index (χ0n) is 20.8. The highest BCUT2D eigenvalue weighted by Crippen LogP contribution is 2.56. The number of para-hydroxylation sites is 1. The highest BCUT2D eigenvalue weighted by Gasteiger charge is 2.55. The highest BCUT2D eigenvalue weighted by atomic mass is 16.5. The van der Waals surface area contributed by atoms with Gasteiger partial charge in [0.05, 0.1) is 18.2 Å². The number of amides is 1. The van der Waals surface area contributed by atoms with Crippen molar-refractivity contribution in [2.45, 2.75) is 50.7 Å². The summed E-state index contributed by atoms with van der Waals surface area (Å²) in [6, 6.07) is 12.7. The van der Waals surface area contributed by atoms with E-state index in [1.165, 1.54) is 0 Å². The molecule has 3 aromatic rings. The number of fused-ring (bicyclic) bond motifs is 4. The standard InChI is InChI=1S/C28H31N3O6/c1-27(11-9-23(33)34)20-14-28(16-36-25(20)19-8-7-17(32)13-22(19)37-27)10-4-12-31(15-28)26(35)24-18-5-2-3-6-21(18)29-30-24/h2-3,5-8,13,20,25,32H,4,9-12,14-16H2,1H3,(H,29,30)(H,33,34)/t20-,25+,27+,28-/m1/s1. The van der Waals surface area contributed by atoms with E-state index in [9.17, 15) is 19.8 Å². The van der Waals surface area contributed by atoms with Gasteiger partial charge in [0, 0.05) is 47.9 Å². The van der Waals surface area contributed by atoms with Gasteiger partial charge >= 0.3 is 5.97 Å². The fourth-order valence-electron chi connectivity index (χ4n) is 6.56. The zero-order chi connectivity index (χ0) is 25.8. The molecule has 2 saturated heterocycles. The van der Waals surface area contributed by atoms with Gasteiger partial charge in [0.25, 0.3) is 5.91 Å². The van der Waals surface area contributed by atoms with Gasteiger partial charge in [0.15, 0.2) is 5.69 Å². The molecule has 0 saturated carbocycles. The molecule has 9 heteroatoms. The number of carboxylic acid groups (broad SMARTS) is 1. The SMILES string of the molecule is C[C@@]1(CCC(=O)O)Oc2cc(O)ccc2[C@@H]2OC[C@]3(CCCN(C(=O)c4n[nH]c5ccccc45)C3)C[C@H]21. The van der Waals surface area contributed by atoms with Crippen LogP contribution in [-0.4, -0.2) is 62.5 Å². The van der Waals surface area contributed by atoms with Crippen LogP contribution in [0.1, 0.15) is 61.2 Å². The number of hydrogen-bond donors (Lipinski definition) is 3. The summed E-state index contributed by atoms with van der Waals surface area (Å²) in [5.41, 5.74) is 1.09. The first-order valence-electron chi connectivity index (χ1n) is 12.8. The van der Waals surface area contributed by atoms with Gasteiger partial charge in [-0.25, -0.2) is 0 Å². The summed E-state index contributed by atoms with van der Waals surface area (Å²) in [6.07, 6.45) is 2.54. The van der Waals surface area contributed by atoms with E-state index in [2.05, 4.69) is 10.2 Å². The third kappa shape index (κ3) is 4.11. The van der Waals surface area contributed by atoms with Crippen LogP contribution in [0.15, 0.2) is 42.5 Å². The fourth-order valence-corrected chi connectivity index (χ4v) is 6.56. The van der Waals surface area contributed by atoms with Crippen molar-refractivity contribution in [2.24, 2.45) is 11.3 Å². The Morgan fingerprint density at radius 1 is 1.24 bits per heavy atom. The van der Waals surface area contributed by atoms with E-state index in [-0.39, 0.29) is 35.5 Å². The summed E-state index contributed by atoms with van der Waals surface area (Å²) in [5, 5.41) is 27.6. The molecule has 6 rings (SSSR count). The van der Waals surface area contributed by atoms with Crippen LogP contribution < -0.4 is 4.74 Å². The monoisotopic (exact) mass is 505 g/mol. The first-order valence-corrected chi connectivity index (χ1v) is 12.8. The quantitative estimate of drug-likeness (QED) is 0.483. The Labute approximate surface area is 214 Å². The van der Waals surface area contributed by atoms with Crippen molar-refractivity contribution in [3.63, 3.8) is 0 Å². The number of aromatic hydroxyl groups is 1. The number of carbonyl (C=O) groups excluding carboxylic acids is 1. The number of piperidine rings is 1. The van der Waals surface area contributed by atoms with Crippen LogP contribution in [0.3, 0.4) is 0 Å². The van der Waals surface area contributed by atoms with Crippen LogP contribution in [0, 0.1) is 11.3 Å². The molecule has 1 aromatic heterocycles. The minimum Gasteiger partial charge on any atom is -0.508 e. The lowest BCUT2D eigenvalue weighted by atomic mass is 9.64. The number of benzene rings is 2. The molecule has 0 unspecified atom stereocenters. The molecule has 9 nitrogen and oxygen atoms in total. The van der Waals surface area contributed by atoms with Crippen LogP contribution in [0.4, 0.5) is 0 Å². The van der Waals surface area contributed by atoms with Crippen LogP contribution in [-0.2, 0) is 9.53 Å². The lowest BCUT2D eigenvalue weighted by Crippen LogP contribution is -2.57. The summed E-state index contributed by atoms with van der Waals surface area (Å²) in [4.78, 5) is 26.9. The van der Waals surface area contributed by atoms with E-state index >= 15 is 0 Å². The molecule has 37 heavy (non-hydrogen) atoms. The van der Waals surface area contributed by atoms with Crippen molar-refractivity contribution in [3.05, 3.63) is 53.7 Å². The molecule has 0 aliphatic carbocycles. The Balaban J connectivity index is 1.29. The number of phenols is 1. The van der Waals surface area contributed by atoms with E-state index in [0.717, 1.165) is 35.7 Å². The van der Waals surface area contributed by atoms with Crippen LogP contribution in [0.5, 0.6) is 11.5 Å². The number of ether oxygens (including phenoxy) is 2. The number of carboxylic acids is 1. The molecule has 2 fully saturated rings. The topological polar surface area (TPSA) is 125 Å². The average Bonchev–Trinajstić information content (AvgIpc) is 3.32. The minimum absolute atomic E-state index is 0.0300. The maximum absolute atomic E-state index is 13.6. The predicted octanol–water partition coefficient (Wildman–Crippen LogP) is 4.28. The summed E-state index contributed by atoms with van der Waals surface area (Å²) in [5.74, 6) is -0.435. The number of phenolic OH excluding ortho intramolecular Hbond substituents is 1. The van der Waals surface area contributed by atoms with Crippen molar-refractivity contribution < 1.29 is 29.3 Å². The lowest BCUT2D eigenvalue weighted by Gasteiger charge is -2.55. The van der Waals surface area contributed by atoms with E-state index < -0.39 is 11.6 Å². The lowest BCUT2D eigenvalue weighted by molar-refractivity contribution is -0.181. The molecular formula is C28H31N3O6. The molecule has 0 radical (unpaired) electrons. The van der Waals surface area contributed by atoms with Gasteiger partial charge in [-0.15, -0.1) is 0 Å². The largest absolute Gasteiger partial charge is 0.508 e. The molecule has 2 aromatic carbocycles. The summed E-state index contributed by atoms with van der Waals surface area (Å²) in [7, 11) is 0. The zero-order valence-corrected chi connectivity index (χ0v) is 20.8. The molecule has 4 atom stereocenters. The molecule has 4 heterocycles. The summed E-state index contributed by atoms with van der Waals surface area (Å²) < 4.78 is 13.0. The van der Waals surface area contributed by atoms with Gasteiger partial charge in [-0.2, -0.15) is 5.10 Å². The molecule has 0 bridgehead atoms. The Morgan fingerprint density at radius 3 is 2.92 bits per heavy atom. The van der Waals surface area contributed by atoms with Crippen molar-refractivity contribution in [1.82, 2.24) is 15.1 Å². The Kier molecular flexibility index (Phi) is 5.63. The first kappa shape index (κ1) is 23.8. The Hall–Kier alpha value is -3.59. The number of rotatable bonds is 4. The number of hydrogen-bond acceptors (Lipinski definition) is 6. The second kappa shape index (κ2) is 8.76. The van der Waals surface area contributed by atoms with Crippen molar-refractivity contribution in [1.29, 1.82) is 0 Å². The molecule has 3 aliphatic rings. The number of carbonyl (C=O) groups is 2. The molecule has 1 spiro atoms. The second-order valence-electron chi connectivity index (χ2n) is 11.0. The predicted molar refractivity (Wildman–Crippen MR) is 134 cm³/mol. The Bertz CT molecular complexity index is 1370. The molecule has 3 N–H and O–H groups in total. The number of H-pyrrole nitrogens is 1. The molecule has 3 aliphatic heterocycles. The van der Waals surface area contributed by atoms with Gasteiger partial charge in [-0.1, -0.05) is 18.2 Å². The van der Waals surface area contributed by atoms with Gasteiger partial charge in [-0.3, -0.25) is 14.7 Å². The first-order chi connectivity index (χ1) is 17.8. The van der Waals surface area contributed by atoms with Gasteiger partial charge < -0.3 is 24.6 Å². The number of aromatic nitrogens is 2. The third-order valence-corrected chi connectivity index (χ3v) is 8.48. The number of nitrogens with zero attached hydrogens (tertiary/aromatic N) is 2. The average molecular weight is 506 g/mol. The van der Waals surface area contributed by atoms with E-state index in [4.69, 9.17) is 9.47 Å². The normalized spacial score (nSPS) is 28.9. The number of nitrogens with one attached hydrogen (secondary N) is 1. The summed E-state index contributed by atoms with van der Waals surface area (Å²) >= 11 is 0. The Morgan fingerprint density at radius 2 is 2.08 bits per heavy atom. The van der Waals surface area contributed by atoms with Gasteiger partial charge in [-0.05, 0) is 50.8 Å². The molecule has 1 amide bonds. The van der Waals surface area contributed by atoms with Gasteiger partial charge in [0.1, 0.15) is 17.1 Å². The number of aromatic amines is 1. The van der Waals surface area contributed by atoms with Crippen molar-refractivity contribution >= 4 is 22.8 Å². The van der Waals surface area contributed by atoms with E-state index in [1.807, 2.05) is 42.2 Å². The minimum atomic E-state index is -0.879. The maximum Gasteiger partial charge on any atom is 0.303 e. The highest BCUT2D eigenvalue weighted by molar-refractivity contribution is 6.04. The maximum atomic E-state index is 13.6. The number of likely N-dealkylation sites (tertiary alicyclic amines) is 1. The molecular weight excluding hydrogens is 474 g/mol. The summed E-state index contributed by atoms with van der Waals surface area (Å²) in [6.45, 7) is 3.65. The third-order valence-electron chi connectivity index (χ3n) is 8.48.